The summed E-state index contributed by atoms with van der Waals surface area (Å²) in [5.41, 5.74) is 3.85. The third kappa shape index (κ3) is 3.18. The van der Waals surface area contributed by atoms with Crippen LogP contribution in [0.2, 0.25) is 0 Å². The van der Waals surface area contributed by atoms with Crippen molar-refractivity contribution in [2.24, 2.45) is 0 Å². The second kappa shape index (κ2) is 6.87. The lowest BCUT2D eigenvalue weighted by Gasteiger charge is -2.26. The van der Waals surface area contributed by atoms with Crippen molar-refractivity contribution in [3.63, 3.8) is 0 Å². The number of anilines is 2. The molecule has 1 aliphatic rings. The fourth-order valence-electron chi connectivity index (χ4n) is 3.22. The molecular weight excluding hydrogens is 300 g/mol. The van der Waals surface area contributed by atoms with Crippen LogP contribution < -0.4 is 10.2 Å². The van der Waals surface area contributed by atoms with Gasteiger partial charge in [-0.15, -0.1) is 0 Å². The third-order valence-corrected chi connectivity index (χ3v) is 4.62. The summed E-state index contributed by atoms with van der Waals surface area (Å²) in [4.78, 5) is 26.1. The summed E-state index contributed by atoms with van der Waals surface area (Å²) in [7, 11) is 1.79. The van der Waals surface area contributed by atoms with Crippen molar-refractivity contribution in [1.82, 2.24) is 0 Å². The molecular formula is C20H22N2O2. The molecule has 124 valence electrons. The quantitative estimate of drug-likeness (QED) is 0.932. The van der Waals surface area contributed by atoms with E-state index in [-0.39, 0.29) is 17.7 Å². The second-order valence-electron chi connectivity index (χ2n) is 6.16. The van der Waals surface area contributed by atoms with Gasteiger partial charge in [-0.3, -0.25) is 9.59 Å². The number of nitrogens with one attached hydrogen (secondary N) is 1. The first kappa shape index (κ1) is 16.2. The molecule has 0 aliphatic carbocycles. The van der Waals surface area contributed by atoms with Crippen molar-refractivity contribution < 1.29 is 9.59 Å². The van der Waals surface area contributed by atoms with E-state index < -0.39 is 0 Å². The van der Waals surface area contributed by atoms with Crippen LogP contribution in [-0.4, -0.2) is 18.9 Å². The average Bonchev–Trinajstić information content (AvgIpc) is 2.60. The summed E-state index contributed by atoms with van der Waals surface area (Å²) in [5, 5.41) is 3.03. The Balaban J connectivity index is 1.78. The van der Waals surface area contributed by atoms with Crippen LogP contribution in [0.5, 0.6) is 0 Å². The number of fused-ring (bicyclic) bond motifs is 1. The molecule has 2 aromatic rings. The summed E-state index contributed by atoms with van der Waals surface area (Å²) in [6.45, 7) is 2.02. The molecule has 1 N–H and O–H groups in total. The highest BCUT2D eigenvalue weighted by atomic mass is 16.2. The van der Waals surface area contributed by atoms with Gasteiger partial charge in [0.15, 0.2) is 0 Å². The smallest absolute Gasteiger partial charge is 0.231 e. The Hall–Kier alpha value is -2.62. The Kier molecular flexibility index (Phi) is 4.65. The molecule has 2 amide bonds. The van der Waals surface area contributed by atoms with Crippen LogP contribution in [0.1, 0.15) is 36.8 Å². The number of rotatable bonds is 4. The third-order valence-electron chi connectivity index (χ3n) is 4.62. The number of carbonyl (C=O) groups excluding carboxylic acids is 2. The molecule has 0 aromatic heterocycles. The molecule has 0 saturated carbocycles. The molecule has 1 atom stereocenters. The van der Waals surface area contributed by atoms with E-state index in [1.54, 1.807) is 11.9 Å². The molecule has 0 bridgehead atoms. The number of nitrogens with zero attached hydrogens (tertiary/aromatic N) is 1. The predicted molar refractivity (Wildman–Crippen MR) is 96.3 cm³/mol. The van der Waals surface area contributed by atoms with Gasteiger partial charge in [0.05, 0.1) is 5.92 Å². The van der Waals surface area contributed by atoms with Crippen molar-refractivity contribution in [2.75, 3.05) is 17.3 Å². The normalized spacial score (nSPS) is 14.9. The topological polar surface area (TPSA) is 49.4 Å². The zero-order valence-corrected chi connectivity index (χ0v) is 14.1. The Bertz CT molecular complexity index is 755. The standard InChI is InChI=1S/C20H22N2O2/c1-3-17(14-7-5-4-6-8-14)20(24)21-16-10-11-18-15(13-16)9-12-19(23)22(18)2/h4-8,10-11,13,17H,3,9,12H2,1-2H3,(H,21,24). The van der Waals surface area contributed by atoms with E-state index in [0.29, 0.717) is 6.42 Å². The van der Waals surface area contributed by atoms with Crippen LogP contribution >= 0.6 is 0 Å². The van der Waals surface area contributed by atoms with Gasteiger partial charge in [-0.05, 0) is 42.2 Å². The Morgan fingerprint density at radius 2 is 1.92 bits per heavy atom. The number of amides is 2. The molecule has 0 radical (unpaired) electrons. The molecule has 0 fully saturated rings. The molecule has 4 nitrogen and oxygen atoms in total. The van der Waals surface area contributed by atoms with Gasteiger partial charge in [0.1, 0.15) is 0 Å². The predicted octanol–water partition coefficient (Wildman–Crippen LogP) is 3.73. The van der Waals surface area contributed by atoms with Gasteiger partial charge in [-0.25, -0.2) is 0 Å². The summed E-state index contributed by atoms with van der Waals surface area (Å²) in [6.07, 6.45) is 1.98. The number of benzene rings is 2. The number of carbonyl (C=O) groups is 2. The molecule has 24 heavy (non-hydrogen) atoms. The van der Waals surface area contributed by atoms with Crippen LogP contribution in [0.25, 0.3) is 0 Å². The van der Waals surface area contributed by atoms with E-state index in [4.69, 9.17) is 0 Å². The molecule has 1 heterocycles. The zero-order chi connectivity index (χ0) is 17.1. The van der Waals surface area contributed by atoms with Gasteiger partial charge in [0.25, 0.3) is 0 Å². The van der Waals surface area contributed by atoms with Gasteiger partial charge in [0.2, 0.25) is 11.8 Å². The van der Waals surface area contributed by atoms with Crippen molar-refractivity contribution in [3.05, 3.63) is 59.7 Å². The fraction of sp³-hybridized carbons (Fsp3) is 0.300. The van der Waals surface area contributed by atoms with E-state index >= 15 is 0 Å². The van der Waals surface area contributed by atoms with Crippen LogP contribution in [0.3, 0.4) is 0 Å². The van der Waals surface area contributed by atoms with Crippen LogP contribution in [0.15, 0.2) is 48.5 Å². The maximum atomic E-state index is 12.7. The lowest BCUT2D eigenvalue weighted by atomic mass is 9.95. The van der Waals surface area contributed by atoms with Crippen LogP contribution in [-0.2, 0) is 16.0 Å². The first-order valence-electron chi connectivity index (χ1n) is 8.35. The highest BCUT2D eigenvalue weighted by Gasteiger charge is 2.22. The summed E-state index contributed by atoms with van der Waals surface area (Å²) in [6, 6.07) is 15.6. The highest BCUT2D eigenvalue weighted by molar-refractivity contribution is 5.98. The molecule has 2 aromatic carbocycles. The van der Waals surface area contributed by atoms with Gasteiger partial charge >= 0.3 is 0 Å². The summed E-state index contributed by atoms with van der Waals surface area (Å²) >= 11 is 0. The SMILES string of the molecule is CCC(C(=O)Nc1ccc2c(c1)CCC(=O)N2C)c1ccccc1. The zero-order valence-electron chi connectivity index (χ0n) is 14.1. The van der Waals surface area contributed by atoms with E-state index in [2.05, 4.69) is 5.32 Å². The molecule has 1 unspecified atom stereocenters. The van der Waals surface area contributed by atoms with Crippen LogP contribution in [0, 0.1) is 0 Å². The number of hydrogen-bond donors (Lipinski definition) is 1. The lowest BCUT2D eigenvalue weighted by Crippen LogP contribution is -2.31. The van der Waals surface area contributed by atoms with Gasteiger partial charge in [-0.2, -0.15) is 0 Å². The maximum Gasteiger partial charge on any atom is 0.231 e. The lowest BCUT2D eigenvalue weighted by molar-refractivity contribution is -0.119. The monoisotopic (exact) mass is 322 g/mol. The highest BCUT2D eigenvalue weighted by Crippen LogP contribution is 2.30. The minimum absolute atomic E-state index is 0.00360. The average molecular weight is 322 g/mol. The van der Waals surface area contributed by atoms with Gasteiger partial charge in [-0.1, -0.05) is 37.3 Å². The summed E-state index contributed by atoms with van der Waals surface area (Å²) < 4.78 is 0. The van der Waals surface area contributed by atoms with Crippen molar-refractivity contribution in [2.45, 2.75) is 32.1 Å². The van der Waals surface area contributed by atoms with E-state index in [0.717, 1.165) is 35.3 Å². The largest absolute Gasteiger partial charge is 0.326 e. The summed E-state index contributed by atoms with van der Waals surface area (Å²) in [5.74, 6) is -0.0233. The van der Waals surface area contributed by atoms with E-state index in [1.165, 1.54) is 0 Å². The Labute approximate surface area is 142 Å². The van der Waals surface area contributed by atoms with Crippen molar-refractivity contribution >= 4 is 23.2 Å². The maximum absolute atomic E-state index is 12.7. The second-order valence-corrected chi connectivity index (χ2v) is 6.16. The first-order valence-corrected chi connectivity index (χ1v) is 8.35. The van der Waals surface area contributed by atoms with Crippen molar-refractivity contribution in [1.29, 1.82) is 0 Å². The molecule has 4 heteroatoms. The van der Waals surface area contributed by atoms with Crippen molar-refractivity contribution in [3.8, 4) is 0 Å². The minimum atomic E-state index is -0.161. The van der Waals surface area contributed by atoms with E-state index in [9.17, 15) is 9.59 Å². The molecule has 3 rings (SSSR count). The molecule has 0 saturated heterocycles. The van der Waals surface area contributed by atoms with E-state index in [1.807, 2.05) is 55.5 Å². The Morgan fingerprint density at radius 3 is 2.62 bits per heavy atom. The fourth-order valence-corrected chi connectivity index (χ4v) is 3.22. The van der Waals surface area contributed by atoms with Gasteiger partial charge in [0, 0.05) is 24.8 Å². The molecule has 0 spiro atoms. The first-order chi connectivity index (χ1) is 11.6. The number of aryl methyl sites for hydroxylation is 1. The minimum Gasteiger partial charge on any atom is -0.326 e. The van der Waals surface area contributed by atoms with Crippen LogP contribution in [0.4, 0.5) is 11.4 Å². The molecule has 1 aliphatic heterocycles. The number of hydrogen-bond acceptors (Lipinski definition) is 2. The Morgan fingerprint density at radius 1 is 1.17 bits per heavy atom. The van der Waals surface area contributed by atoms with Gasteiger partial charge < -0.3 is 10.2 Å².